The number of aromatic nitrogens is 3. The van der Waals surface area contributed by atoms with E-state index in [2.05, 4.69) is 4.98 Å². The molecule has 534 valence electrons. The minimum Gasteiger partial charge on any atom is -0.619 e. The summed E-state index contributed by atoms with van der Waals surface area (Å²) in [7, 11) is 4.15. The van der Waals surface area contributed by atoms with Gasteiger partial charge in [-0.05, 0) is 201 Å². The van der Waals surface area contributed by atoms with Crippen LogP contribution in [-0.4, -0.2) is 132 Å². The van der Waals surface area contributed by atoms with Crippen LogP contribution in [0, 0.1) is 44.4 Å². The molecule has 0 saturated carbocycles. The molecule has 6 unspecified atom stereocenters. The quantitative estimate of drug-likeness (QED) is 0.0199. The molecule has 3 amide bonds. The first kappa shape index (κ1) is 74.9. The van der Waals surface area contributed by atoms with Crippen molar-refractivity contribution in [3.8, 4) is 33.5 Å². The lowest BCUT2D eigenvalue weighted by Crippen LogP contribution is -2.44. The van der Waals surface area contributed by atoms with Gasteiger partial charge < -0.3 is 55.6 Å². The maximum atomic E-state index is 13.5. The minimum absolute atomic E-state index is 0.0759. The number of hydrogen-bond acceptors (Lipinski definition) is 15. The lowest BCUT2D eigenvalue weighted by molar-refractivity contribution is -0.605. The Bertz CT molecular complexity index is 4550. The third-order valence-electron chi connectivity index (χ3n) is 19.6. The zero-order valence-corrected chi connectivity index (χ0v) is 59.4. The van der Waals surface area contributed by atoms with Gasteiger partial charge in [-0.3, -0.25) is 33.8 Å². The summed E-state index contributed by atoms with van der Waals surface area (Å²) in [5, 5.41) is 46.6. The highest BCUT2D eigenvalue weighted by atomic mass is 16.5. The third kappa shape index (κ3) is 18.6. The predicted octanol–water partition coefficient (Wildman–Crippen LogP) is 12.8. The fourth-order valence-corrected chi connectivity index (χ4v) is 14.2. The fraction of sp³-hybridized carbons (Fsp3) is 0.286. The molecular weight excluding hydrogens is 1310 g/mol. The summed E-state index contributed by atoms with van der Waals surface area (Å²) in [6, 6.07) is 56.9. The number of pyridine rings is 3. The molecular formula is C84H87N9O11. The van der Waals surface area contributed by atoms with E-state index in [1.807, 2.05) is 150 Å². The van der Waals surface area contributed by atoms with Gasteiger partial charge in [0.05, 0.1) is 44.8 Å². The molecule has 3 N–H and O–H groups in total. The SMILES string of the molecule is COC(=O)C(Cc1cccc(C(C)=N)c1)C1CCCN1C(=O)c1ccc(-c2cc[n+]([O-])cc2)cc1.COC(=O)C(Cc1cccc(C(C)=N)c1)C1CCCN1C(=O)c1ccc(-c2ccc[n+]([O-])c2)cc1.COC(=O)C(Cc1cccc(C(C)=N)c1)C1CCCN1C(=O)c1ccc(-c2ccccn2)cc1. The Morgan fingerprint density at radius 1 is 0.413 bits per heavy atom. The van der Waals surface area contributed by atoms with Crippen LogP contribution in [0.3, 0.4) is 0 Å². The van der Waals surface area contributed by atoms with Crippen molar-refractivity contribution in [2.45, 2.75) is 96.7 Å². The van der Waals surface area contributed by atoms with Gasteiger partial charge in [-0.2, -0.15) is 9.46 Å². The van der Waals surface area contributed by atoms with Gasteiger partial charge in [0.15, 0.2) is 24.8 Å². The number of esters is 3. The zero-order chi connectivity index (χ0) is 74.0. The van der Waals surface area contributed by atoms with Gasteiger partial charge in [0.1, 0.15) is 0 Å². The van der Waals surface area contributed by atoms with Crippen LogP contribution in [0.2, 0.25) is 0 Å². The summed E-state index contributed by atoms with van der Waals surface area (Å²) in [5.74, 6) is -2.74. The number of nitrogens with zero attached hydrogens (tertiary/aromatic N) is 6. The van der Waals surface area contributed by atoms with Gasteiger partial charge in [0.25, 0.3) is 17.7 Å². The van der Waals surface area contributed by atoms with E-state index in [1.165, 1.54) is 46.1 Å². The molecule has 0 bridgehead atoms. The molecule has 3 fully saturated rings. The van der Waals surface area contributed by atoms with Crippen LogP contribution in [0.1, 0.15) is 124 Å². The van der Waals surface area contributed by atoms with Gasteiger partial charge in [-0.15, -0.1) is 0 Å². The van der Waals surface area contributed by atoms with Crippen molar-refractivity contribution < 1.29 is 52.4 Å². The smallest absolute Gasteiger partial charge is 0.311 e. The average molecular weight is 1400 g/mol. The van der Waals surface area contributed by atoms with E-state index in [1.54, 1.807) is 79.2 Å². The van der Waals surface area contributed by atoms with Crippen LogP contribution in [0.15, 0.2) is 219 Å². The maximum absolute atomic E-state index is 13.5. The number of amides is 3. The number of ether oxygens (including phenoxy) is 3. The van der Waals surface area contributed by atoms with Crippen LogP contribution < -0.4 is 9.46 Å². The molecule has 12 rings (SSSR count). The Hall–Kier alpha value is -11.8. The second-order valence-corrected chi connectivity index (χ2v) is 26.4. The Balaban J connectivity index is 0.000000167. The lowest BCUT2D eigenvalue weighted by atomic mass is 9.89. The van der Waals surface area contributed by atoms with Gasteiger partial charge >= 0.3 is 17.9 Å². The number of benzene rings is 6. The lowest BCUT2D eigenvalue weighted by Gasteiger charge is -2.30. The second-order valence-electron chi connectivity index (χ2n) is 26.4. The Morgan fingerprint density at radius 3 is 1.11 bits per heavy atom. The molecule has 6 aromatic carbocycles. The van der Waals surface area contributed by atoms with Crippen LogP contribution in [-0.2, 0) is 47.9 Å². The first-order chi connectivity index (χ1) is 50.2. The molecule has 104 heavy (non-hydrogen) atoms. The molecule has 3 aliphatic rings. The summed E-state index contributed by atoms with van der Waals surface area (Å²) < 4.78 is 16.9. The van der Waals surface area contributed by atoms with Crippen molar-refractivity contribution in [2.24, 2.45) is 17.8 Å². The number of carbonyl (C=O) groups is 6. The van der Waals surface area contributed by atoms with Crippen molar-refractivity contribution in [2.75, 3.05) is 41.0 Å². The number of nitrogens with one attached hydrogen (secondary N) is 3. The number of rotatable bonds is 21. The van der Waals surface area contributed by atoms with Gasteiger partial charge in [0, 0.05) is 107 Å². The van der Waals surface area contributed by atoms with E-state index < -0.39 is 17.8 Å². The summed E-state index contributed by atoms with van der Waals surface area (Å²) >= 11 is 0. The molecule has 6 atom stereocenters. The largest absolute Gasteiger partial charge is 0.619 e. The van der Waals surface area contributed by atoms with E-state index in [-0.39, 0.29) is 53.8 Å². The zero-order valence-electron chi connectivity index (χ0n) is 59.4. The Morgan fingerprint density at radius 2 is 0.769 bits per heavy atom. The first-order valence-corrected chi connectivity index (χ1v) is 34.9. The van der Waals surface area contributed by atoms with Crippen molar-refractivity contribution in [3.63, 3.8) is 0 Å². The number of carbonyl (C=O) groups excluding carboxylic acids is 6. The second kappa shape index (κ2) is 35.2. The molecule has 3 aromatic heterocycles. The van der Waals surface area contributed by atoms with Crippen molar-refractivity contribution in [3.05, 3.63) is 280 Å². The van der Waals surface area contributed by atoms with Crippen molar-refractivity contribution >= 4 is 52.8 Å². The van der Waals surface area contributed by atoms with E-state index in [9.17, 15) is 39.2 Å². The molecule has 0 radical (unpaired) electrons. The summed E-state index contributed by atoms with van der Waals surface area (Å²) in [6.45, 7) is 6.98. The summed E-state index contributed by atoms with van der Waals surface area (Å²) in [6.07, 6.45) is 13.6. The molecule has 9 aromatic rings. The van der Waals surface area contributed by atoms with Crippen LogP contribution in [0.5, 0.6) is 0 Å². The molecule has 3 aliphatic heterocycles. The minimum atomic E-state index is -0.496. The number of methoxy groups -OCH3 is 3. The highest BCUT2D eigenvalue weighted by molar-refractivity contribution is 5.99. The Labute approximate surface area is 606 Å². The van der Waals surface area contributed by atoms with Crippen LogP contribution >= 0.6 is 0 Å². The topological polar surface area (TPSA) is 278 Å². The summed E-state index contributed by atoms with van der Waals surface area (Å²) in [4.78, 5) is 88.6. The van der Waals surface area contributed by atoms with Crippen molar-refractivity contribution in [1.29, 1.82) is 16.2 Å². The molecule has 3 saturated heterocycles. The first-order valence-electron chi connectivity index (χ1n) is 34.9. The average Bonchev–Trinajstić information content (AvgIpc) is 1.61. The Kier molecular flexibility index (Phi) is 25.3. The van der Waals surface area contributed by atoms with E-state index in [0.717, 1.165) is 115 Å². The van der Waals surface area contributed by atoms with Crippen LogP contribution in [0.25, 0.3) is 33.5 Å². The molecule has 0 spiro atoms. The molecule has 0 aliphatic carbocycles. The third-order valence-corrected chi connectivity index (χ3v) is 19.6. The van der Waals surface area contributed by atoms with Crippen molar-refractivity contribution in [1.82, 2.24) is 19.7 Å². The van der Waals surface area contributed by atoms with E-state index >= 15 is 0 Å². The highest BCUT2D eigenvalue weighted by Gasteiger charge is 2.42. The summed E-state index contributed by atoms with van der Waals surface area (Å²) in [5.41, 5.74) is 13.6. The normalized spacial score (nSPS) is 16.1. The van der Waals surface area contributed by atoms with Crippen LogP contribution in [0.4, 0.5) is 0 Å². The maximum Gasteiger partial charge on any atom is 0.311 e. The molecule has 20 heteroatoms. The van der Waals surface area contributed by atoms with Gasteiger partial charge in [-0.1, -0.05) is 97.1 Å². The highest BCUT2D eigenvalue weighted by Crippen LogP contribution is 2.34. The number of likely N-dealkylation sites (tertiary alicyclic amines) is 3. The fourth-order valence-electron chi connectivity index (χ4n) is 14.2. The van der Waals surface area contributed by atoms with E-state index in [4.69, 9.17) is 30.4 Å². The monoisotopic (exact) mass is 1400 g/mol. The molecule has 6 heterocycles. The van der Waals surface area contributed by atoms with E-state index in [0.29, 0.717) is 72.7 Å². The molecule has 20 nitrogen and oxygen atoms in total. The predicted molar refractivity (Wildman–Crippen MR) is 398 cm³/mol. The van der Waals surface area contributed by atoms with Gasteiger partial charge in [-0.25, -0.2) is 0 Å². The number of hydrogen-bond donors (Lipinski definition) is 3. The van der Waals surface area contributed by atoms with Gasteiger partial charge in [0.2, 0.25) is 0 Å². The standard InChI is InChI=1S/2C28H29N3O4.C28H29N3O3/c1-19(29)23-7-3-6-20(16-23)17-25(28(33)35-2)26-9-5-15-31(26)27(32)22-12-10-21(11-13-22)24-8-4-14-30(34)18-24;1-19(29)24-6-3-5-20(17-24)18-25(28(33)35-2)26-7-4-14-31(26)27(32)23-10-8-21(9-11-23)22-12-15-30(34)16-13-22;1-19(29)23-8-5-7-20(17-23)18-24(28(33)34-2)26-10-6-16-31(26)27(32)22-13-11-21(12-14-22)25-9-3-4-15-30-25/h3-4,6-8,10-14,16,18,25-26,29H,5,9,15,17H2,1-2H3;3,5-6,8-13,15-17,25-26,29H,4,7,14,18H2,1-2H3;3-5,7-9,11-15,17,24,26,29H,6,10,16,18H2,1-2H3.